The molecule has 1 aromatic rings. The number of benzene rings is 1. The van der Waals surface area contributed by atoms with E-state index in [4.69, 9.17) is 0 Å². The number of carbonyl (C=O) groups is 1. The molecule has 0 unspecified atom stereocenters. The average Bonchev–Trinajstić information content (AvgIpc) is 2.46. The Morgan fingerprint density at radius 1 is 1.19 bits per heavy atom. The molecule has 0 radical (unpaired) electrons. The maximum atomic E-state index is 12.9. The molecule has 1 aliphatic heterocycles. The van der Waals surface area contributed by atoms with Crippen LogP contribution in [-0.2, 0) is 5.41 Å². The number of piperidine rings is 1. The van der Waals surface area contributed by atoms with Crippen molar-refractivity contribution in [3.63, 3.8) is 0 Å². The summed E-state index contributed by atoms with van der Waals surface area (Å²) in [5, 5.41) is 3.38. The van der Waals surface area contributed by atoms with E-state index in [-0.39, 0.29) is 16.9 Å². The molecule has 0 atom stereocenters. The highest BCUT2D eigenvalue weighted by Crippen LogP contribution is 2.28. The van der Waals surface area contributed by atoms with Crippen LogP contribution >= 0.6 is 0 Å². The number of hydrogen-bond acceptors (Lipinski definition) is 2. The molecule has 0 aromatic heterocycles. The third kappa shape index (κ3) is 3.46. The highest BCUT2D eigenvalue weighted by molar-refractivity contribution is 5.96. The lowest BCUT2D eigenvalue weighted by Crippen LogP contribution is -2.51. The van der Waals surface area contributed by atoms with E-state index in [1.54, 1.807) is 0 Å². The first-order valence-electron chi connectivity index (χ1n) is 7.84. The topological polar surface area (TPSA) is 32.3 Å². The summed E-state index contributed by atoms with van der Waals surface area (Å²) < 4.78 is 0. The second-order valence-electron chi connectivity index (χ2n) is 7.40. The summed E-state index contributed by atoms with van der Waals surface area (Å²) in [6, 6.07) is 8.03. The minimum atomic E-state index is -0.0124. The maximum Gasteiger partial charge on any atom is 0.254 e. The van der Waals surface area contributed by atoms with Gasteiger partial charge in [0.25, 0.3) is 5.91 Å². The molecule has 0 saturated carbocycles. The van der Waals surface area contributed by atoms with E-state index >= 15 is 0 Å². The van der Waals surface area contributed by atoms with Crippen LogP contribution < -0.4 is 5.32 Å². The van der Waals surface area contributed by atoms with Crippen molar-refractivity contribution >= 4 is 5.91 Å². The van der Waals surface area contributed by atoms with E-state index < -0.39 is 0 Å². The van der Waals surface area contributed by atoms with Crippen LogP contribution in [0.4, 0.5) is 0 Å². The van der Waals surface area contributed by atoms with Crippen LogP contribution in [0.25, 0.3) is 0 Å². The lowest BCUT2D eigenvalue weighted by atomic mass is 9.83. The van der Waals surface area contributed by atoms with Gasteiger partial charge in [0.15, 0.2) is 0 Å². The number of rotatable bonds is 2. The normalized spacial score (nSPS) is 18.6. The summed E-state index contributed by atoms with van der Waals surface area (Å²) in [4.78, 5) is 14.9. The Balaban J connectivity index is 2.19. The minimum Gasteiger partial charge on any atom is -0.339 e. The van der Waals surface area contributed by atoms with Gasteiger partial charge in [-0.3, -0.25) is 4.79 Å². The number of hydrogen-bond donors (Lipinski definition) is 1. The van der Waals surface area contributed by atoms with E-state index in [0.717, 1.165) is 37.1 Å². The minimum absolute atomic E-state index is 0.0124. The fourth-order valence-electron chi connectivity index (χ4n) is 2.95. The van der Waals surface area contributed by atoms with Crippen molar-refractivity contribution in [3.8, 4) is 0 Å². The third-order valence-electron chi connectivity index (χ3n) is 4.72. The molecule has 1 heterocycles. The zero-order chi connectivity index (χ0) is 15.7. The van der Waals surface area contributed by atoms with Gasteiger partial charge in [-0.1, -0.05) is 39.0 Å². The Morgan fingerprint density at radius 2 is 1.76 bits per heavy atom. The Bertz CT molecular complexity index is 508. The molecule has 0 aliphatic carbocycles. The molecule has 0 spiro atoms. The number of nitrogens with zero attached hydrogens (tertiary/aromatic N) is 1. The summed E-state index contributed by atoms with van der Waals surface area (Å²) in [5.41, 5.74) is 2.15. The molecule has 1 aromatic carbocycles. The maximum absolute atomic E-state index is 12.9. The smallest absolute Gasteiger partial charge is 0.254 e. The lowest BCUT2D eigenvalue weighted by molar-refractivity contribution is 0.0659. The molecule has 1 saturated heterocycles. The predicted octanol–water partition coefficient (Wildman–Crippen LogP) is 3.20. The number of carbonyl (C=O) groups excluding carboxylic acids is 1. The molecule has 1 amide bonds. The van der Waals surface area contributed by atoms with Crippen LogP contribution in [0, 0.1) is 0 Å². The van der Waals surface area contributed by atoms with Gasteiger partial charge in [-0.25, -0.2) is 0 Å². The SMILES string of the molecule is CNC1(C)CCN(C(=O)c2ccccc2C(C)(C)C)CC1. The van der Waals surface area contributed by atoms with Crippen molar-refractivity contribution in [2.24, 2.45) is 0 Å². The third-order valence-corrected chi connectivity index (χ3v) is 4.72. The standard InChI is InChI=1S/C18H28N2O/c1-17(2,3)15-9-7-6-8-14(15)16(21)20-12-10-18(4,19-5)11-13-20/h6-9,19H,10-13H2,1-5H3. The molecule has 2 rings (SSSR count). The van der Waals surface area contributed by atoms with E-state index in [9.17, 15) is 4.79 Å². The van der Waals surface area contributed by atoms with Gasteiger partial charge >= 0.3 is 0 Å². The van der Waals surface area contributed by atoms with Crippen molar-refractivity contribution in [2.45, 2.75) is 51.5 Å². The van der Waals surface area contributed by atoms with Gasteiger partial charge in [0.1, 0.15) is 0 Å². The van der Waals surface area contributed by atoms with Gasteiger partial charge in [0, 0.05) is 24.2 Å². The van der Waals surface area contributed by atoms with Gasteiger partial charge in [-0.2, -0.15) is 0 Å². The Morgan fingerprint density at radius 3 is 2.29 bits per heavy atom. The summed E-state index contributed by atoms with van der Waals surface area (Å²) >= 11 is 0. The Hall–Kier alpha value is -1.35. The average molecular weight is 288 g/mol. The van der Waals surface area contributed by atoms with Crippen molar-refractivity contribution in [1.29, 1.82) is 0 Å². The summed E-state index contributed by atoms with van der Waals surface area (Å²) in [6.07, 6.45) is 2.01. The van der Waals surface area contributed by atoms with Crippen LogP contribution in [0.2, 0.25) is 0 Å². The van der Waals surface area contributed by atoms with Gasteiger partial charge in [-0.15, -0.1) is 0 Å². The van der Waals surface area contributed by atoms with Gasteiger partial charge < -0.3 is 10.2 Å². The molecular weight excluding hydrogens is 260 g/mol. The van der Waals surface area contributed by atoms with Crippen molar-refractivity contribution in [3.05, 3.63) is 35.4 Å². The molecule has 21 heavy (non-hydrogen) atoms. The zero-order valence-electron chi connectivity index (χ0n) is 14.0. The van der Waals surface area contributed by atoms with E-state index in [1.165, 1.54) is 0 Å². The van der Waals surface area contributed by atoms with Gasteiger partial charge in [-0.05, 0) is 43.9 Å². The summed E-state index contributed by atoms with van der Waals surface area (Å²) in [5.74, 6) is 0.179. The summed E-state index contributed by atoms with van der Waals surface area (Å²) in [6.45, 7) is 10.4. The second kappa shape index (κ2) is 5.80. The zero-order valence-corrected chi connectivity index (χ0v) is 14.0. The molecule has 1 fully saturated rings. The van der Waals surface area contributed by atoms with Gasteiger partial charge in [0.05, 0.1) is 0 Å². The van der Waals surface area contributed by atoms with Crippen LogP contribution in [-0.4, -0.2) is 36.5 Å². The predicted molar refractivity (Wildman–Crippen MR) is 87.7 cm³/mol. The Labute approximate surface area is 128 Å². The van der Waals surface area contributed by atoms with Crippen LogP contribution in [0.1, 0.15) is 56.5 Å². The highest BCUT2D eigenvalue weighted by Gasteiger charge is 2.32. The molecule has 116 valence electrons. The molecule has 0 bridgehead atoms. The van der Waals surface area contributed by atoms with Crippen LogP contribution in [0.3, 0.4) is 0 Å². The largest absolute Gasteiger partial charge is 0.339 e. The highest BCUT2D eigenvalue weighted by atomic mass is 16.2. The number of amides is 1. The molecular formula is C18H28N2O. The van der Waals surface area contributed by atoms with Crippen molar-refractivity contribution < 1.29 is 4.79 Å². The van der Waals surface area contributed by atoms with E-state index in [0.29, 0.717) is 0 Å². The second-order valence-corrected chi connectivity index (χ2v) is 7.40. The summed E-state index contributed by atoms with van der Waals surface area (Å²) in [7, 11) is 2.01. The fourth-order valence-corrected chi connectivity index (χ4v) is 2.95. The molecule has 1 aliphatic rings. The van der Waals surface area contributed by atoms with E-state index in [1.807, 2.05) is 30.1 Å². The molecule has 1 N–H and O–H groups in total. The van der Waals surface area contributed by atoms with Crippen LogP contribution in [0.15, 0.2) is 24.3 Å². The van der Waals surface area contributed by atoms with Crippen molar-refractivity contribution in [1.82, 2.24) is 10.2 Å². The lowest BCUT2D eigenvalue weighted by Gasteiger charge is -2.39. The van der Waals surface area contributed by atoms with E-state index in [2.05, 4.69) is 39.1 Å². The van der Waals surface area contributed by atoms with Crippen molar-refractivity contribution in [2.75, 3.05) is 20.1 Å². The number of likely N-dealkylation sites (tertiary alicyclic amines) is 1. The van der Waals surface area contributed by atoms with Crippen LogP contribution in [0.5, 0.6) is 0 Å². The fraction of sp³-hybridized carbons (Fsp3) is 0.611. The Kier molecular flexibility index (Phi) is 4.43. The number of nitrogens with one attached hydrogen (secondary N) is 1. The van der Waals surface area contributed by atoms with Gasteiger partial charge in [0.2, 0.25) is 0 Å². The first kappa shape index (κ1) is 16.0. The first-order chi connectivity index (χ1) is 9.77. The molecule has 3 heteroatoms. The first-order valence-corrected chi connectivity index (χ1v) is 7.84. The monoisotopic (exact) mass is 288 g/mol. The molecule has 3 nitrogen and oxygen atoms in total. The quantitative estimate of drug-likeness (QED) is 0.906.